The number of hydrogen-bond acceptors (Lipinski definition) is 8. The molecule has 0 aliphatic carbocycles. The maximum Gasteiger partial charge on any atom is 0.407 e. The van der Waals surface area contributed by atoms with Crippen LogP contribution in [0.25, 0.3) is 21.9 Å². The van der Waals surface area contributed by atoms with Gasteiger partial charge in [0.25, 0.3) is 5.56 Å². The molecule has 2 aromatic heterocycles. The summed E-state index contributed by atoms with van der Waals surface area (Å²) in [6.45, 7) is 8.08. The Morgan fingerprint density at radius 3 is 2.53 bits per heavy atom. The highest BCUT2D eigenvalue weighted by molar-refractivity contribution is 5.93. The van der Waals surface area contributed by atoms with Gasteiger partial charge < -0.3 is 15.0 Å². The van der Waals surface area contributed by atoms with Crippen molar-refractivity contribution in [2.45, 2.75) is 65.3 Å². The predicted molar refractivity (Wildman–Crippen MR) is 170 cm³/mol. The van der Waals surface area contributed by atoms with Gasteiger partial charge in [-0.1, -0.05) is 30.2 Å². The third-order valence-corrected chi connectivity index (χ3v) is 7.74. The molecule has 0 radical (unpaired) electrons. The molecule has 5 rings (SSSR count). The average molecular weight is 607 g/mol. The summed E-state index contributed by atoms with van der Waals surface area (Å²) in [6, 6.07) is 12.8. The highest BCUT2D eigenvalue weighted by Crippen LogP contribution is 2.27. The molecule has 45 heavy (non-hydrogen) atoms. The molecule has 4 aromatic rings. The zero-order chi connectivity index (χ0) is 32.5. The van der Waals surface area contributed by atoms with Gasteiger partial charge in [-0.2, -0.15) is 15.5 Å². The molecule has 1 aliphatic heterocycles. The van der Waals surface area contributed by atoms with Crippen molar-refractivity contribution in [3.05, 3.63) is 67.9 Å². The van der Waals surface area contributed by atoms with Gasteiger partial charge >= 0.3 is 11.8 Å². The molecule has 12 nitrogen and oxygen atoms in total. The number of nitriles is 2. The Morgan fingerprint density at radius 1 is 1.13 bits per heavy atom. The SMILES string of the molecule is CC#CCn1c(N2CCC[C@@H](NC(=O)OC(C)(C)C)C2)nc2c1c(=O)n(Cc1cc(C#N)c3ccccc3c1C#N)c(=O)n2C. The van der Waals surface area contributed by atoms with E-state index >= 15 is 0 Å². The minimum Gasteiger partial charge on any atom is -0.444 e. The van der Waals surface area contributed by atoms with E-state index in [0.717, 1.165) is 17.4 Å². The van der Waals surface area contributed by atoms with Gasteiger partial charge in [-0.15, -0.1) is 5.92 Å². The first-order valence-electron chi connectivity index (χ1n) is 14.7. The Labute approximate surface area is 260 Å². The Morgan fingerprint density at radius 2 is 1.87 bits per heavy atom. The molecule has 1 fully saturated rings. The fraction of sp³-hybridized carbons (Fsp3) is 0.394. The van der Waals surface area contributed by atoms with E-state index in [1.54, 1.807) is 69.6 Å². The zero-order valence-corrected chi connectivity index (χ0v) is 26.0. The number of fused-ring (bicyclic) bond motifs is 2. The van der Waals surface area contributed by atoms with Crippen LogP contribution in [0.2, 0.25) is 0 Å². The summed E-state index contributed by atoms with van der Waals surface area (Å²) in [5.41, 5.74) is -0.405. The van der Waals surface area contributed by atoms with Crippen molar-refractivity contribution in [2.24, 2.45) is 7.05 Å². The highest BCUT2D eigenvalue weighted by atomic mass is 16.6. The Balaban J connectivity index is 1.61. The molecule has 230 valence electrons. The number of anilines is 1. The van der Waals surface area contributed by atoms with Gasteiger partial charge in [-0.3, -0.25) is 18.5 Å². The normalized spacial score (nSPS) is 14.8. The second-order valence-corrected chi connectivity index (χ2v) is 12.0. The van der Waals surface area contributed by atoms with Crippen molar-refractivity contribution in [2.75, 3.05) is 18.0 Å². The molecule has 2 aromatic carbocycles. The van der Waals surface area contributed by atoms with Crippen LogP contribution in [-0.2, 0) is 24.9 Å². The van der Waals surface area contributed by atoms with Crippen LogP contribution in [0.1, 0.15) is 57.2 Å². The molecule has 0 saturated carbocycles. The van der Waals surface area contributed by atoms with Crippen LogP contribution in [0.4, 0.5) is 10.7 Å². The minimum absolute atomic E-state index is 0.147. The van der Waals surface area contributed by atoms with Gasteiger partial charge in [0.1, 0.15) is 11.7 Å². The fourth-order valence-corrected chi connectivity index (χ4v) is 5.75. The number of piperidine rings is 1. The average Bonchev–Trinajstić information content (AvgIpc) is 3.39. The van der Waals surface area contributed by atoms with E-state index in [9.17, 15) is 24.9 Å². The largest absolute Gasteiger partial charge is 0.444 e. The number of rotatable bonds is 5. The van der Waals surface area contributed by atoms with E-state index < -0.39 is 22.9 Å². The van der Waals surface area contributed by atoms with Gasteiger partial charge in [0.2, 0.25) is 5.95 Å². The lowest BCUT2D eigenvalue weighted by atomic mass is 9.95. The van der Waals surface area contributed by atoms with Crippen molar-refractivity contribution in [3.63, 3.8) is 0 Å². The number of benzene rings is 2. The highest BCUT2D eigenvalue weighted by Gasteiger charge is 2.29. The molecule has 0 unspecified atom stereocenters. The van der Waals surface area contributed by atoms with Crippen molar-refractivity contribution >= 4 is 34.0 Å². The number of alkyl carbamates (subject to hydrolysis) is 1. The van der Waals surface area contributed by atoms with Crippen LogP contribution in [0, 0.1) is 34.5 Å². The first-order chi connectivity index (χ1) is 21.5. The summed E-state index contributed by atoms with van der Waals surface area (Å²) >= 11 is 0. The maximum absolute atomic E-state index is 14.1. The van der Waals surface area contributed by atoms with E-state index in [-0.39, 0.29) is 30.3 Å². The van der Waals surface area contributed by atoms with Crippen molar-refractivity contribution in [1.82, 2.24) is 24.0 Å². The Hall–Kier alpha value is -5.54. The van der Waals surface area contributed by atoms with E-state index in [1.807, 2.05) is 4.90 Å². The number of nitrogens with zero attached hydrogens (tertiary/aromatic N) is 7. The monoisotopic (exact) mass is 606 g/mol. The summed E-state index contributed by atoms with van der Waals surface area (Å²) in [5.74, 6) is 6.35. The van der Waals surface area contributed by atoms with Crippen LogP contribution in [0.15, 0.2) is 39.9 Å². The second kappa shape index (κ2) is 12.2. The van der Waals surface area contributed by atoms with E-state index in [0.29, 0.717) is 46.5 Å². The maximum atomic E-state index is 14.1. The van der Waals surface area contributed by atoms with Crippen molar-refractivity contribution in [3.8, 4) is 24.0 Å². The van der Waals surface area contributed by atoms with Gasteiger partial charge in [0.15, 0.2) is 11.2 Å². The van der Waals surface area contributed by atoms with Crippen LogP contribution in [-0.4, -0.2) is 49.5 Å². The van der Waals surface area contributed by atoms with E-state index in [1.165, 1.54) is 4.57 Å². The van der Waals surface area contributed by atoms with Gasteiger partial charge in [-0.05, 0) is 52.2 Å². The molecule has 1 atom stereocenters. The quantitative estimate of drug-likeness (QED) is 0.340. The number of carbonyl (C=O) groups excluding carboxylic acids is 1. The standard InChI is InChI=1S/C33H34N8O4/c1-6-7-15-40-27-28(37-30(40)39-14-10-11-23(20-39)36-31(43)45-33(2,3)4)38(5)32(44)41(29(27)42)19-22-16-21(17-34)24-12-8-9-13-25(24)26(22)18-35/h8-9,12-13,16,23H,10-11,14-15,19-20H2,1-5H3,(H,36,43)/t23-/m1/s1. The molecule has 1 saturated heterocycles. The lowest BCUT2D eigenvalue weighted by molar-refractivity contribution is 0.0499. The first kappa shape index (κ1) is 30.9. The first-order valence-corrected chi connectivity index (χ1v) is 14.7. The number of nitrogens with one attached hydrogen (secondary N) is 1. The third kappa shape index (κ3) is 5.98. The van der Waals surface area contributed by atoms with Crippen LogP contribution in [0.5, 0.6) is 0 Å². The summed E-state index contributed by atoms with van der Waals surface area (Å²) < 4.78 is 9.52. The van der Waals surface area contributed by atoms with Crippen molar-refractivity contribution in [1.29, 1.82) is 10.5 Å². The molecule has 3 heterocycles. The van der Waals surface area contributed by atoms with Crippen LogP contribution < -0.4 is 21.5 Å². The number of carbonyl (C=O) groups is 1. The molecule has 0 spiro atoms. The topological polar surface area (TPSA) is 151 Å². The van der Waals surface area contributed by atoms with Gasteiger partial charge in [0, 0.05) is 37.0 Å². The van der Waals surface area contributed by atoms with Crippen LogP contribution >= 0.6 is 0 Å². The van der Waals surface area contributed by atoms with Gasteiger partial charge in [-0.25, -0.2) is 9.59 Å². The smallest absolute Gasteiger partial charge is 0.407 e. The number of amides is 1. The fourth-order valence-electron chi connectivity index (χ4n) is 5.75. The van der Waals surface area contributed by atoms with Crippen molar-refractivity contribution < 1.29 is 9.53 Å². The number of ether oxygens (including phenoxy) is 1. The lowest BCUT2D eigenvalue weighted by Crippen LogP contribution is -2.49. The third-order valence-electron chi connectivity index (χ3n) is 7.74. The number of hydrogen-bond donors (Lipinski definition) is 1. The zero-order valence-electron chi connectivity index (χ0n) is 26.0. The molecule has 1 N–H and O–H groups in total. The summed E-state index contributed by atoms with van der Waals surface area (Å²) in [7, 11) is 1.54. The molecule has 12 heteroatoms. The Bertz CT molecular complexity index is 2090. The number of imidazole rings is 1. The van der Waals surface area contributed by atoms with Gasteiger partial charge in [0.05, 0.1) is 30.3 Å². The molecular formula is C33H34N8O4. The second-order valence-electron chi connectivity index (χ2n) is 12.0. The molecule has 0 bridgehead atoms. The number of aryl methyl sites for hydroxylation is 1. The molecular weight excluding hydrogens is 572 g/mol. The van der Waals surface area contributed by atoms with E-state index in [2.05, 4.69) is 29.3 Å². The summed E-state index contributed by atoms with van der Waals surface area (Å²) in [6.07, 6.45) is 0.995. The summed E-state index contributed by atoms with van der Waals surface area (Å²) in [5, 5.41) is 24.0. The predicted octanol–water partition coefficient (Wildman–Crippen LogP) is 3.36. The number of aromatic nitrogens is 4. The summed E-state index contributed by atoms with van der Waals surface area (Å²) in [4.78, 5) is 47.0. The van der Waals surface area contributed by atoms with Crippen LogP contribution in [0.3, 0.4) is 0 Å². The molecule has 1 aliphatic rings. The molecule has 1 amide bonds. The lowest BCUT2D eigenvalue weighted by Gasteiger charge is -2.34. The Kier molecular flexibility index (Phi) is 8.39. The van der Waals surface area contributed by atoms with E-state index in [4.69, 9.17) is 9.72 Å². The minimum atomic E-state index is -0.632.